The first-order valence-electron chi connectivity index (χ1n) is 6.27. The largest absolute Gasteiger partial charge is 0.368 e. The lowest BCUT2D eigenvalue weighted by Gasteiger charge is -2.37. The SMILES string of the molecule is CCC1CCCCN1c1cc(Cl)ccc1C=O. The van der Waals surface area contributed by atoms with Crippen LogP contribution in [0.2, 0.25) is 5.02 Å². The maximum Gasteiger partial charge on any atom is 0.152 e. The van der Waals surface area contributed by atoms with Gasteiger partial charge < -0.3 is 4.90 Å². The number of hydrogen-bond donors (Lipinski definition) is 0. The first kappa shape index (κ1) is 12.4. The summed E-state index contributed by atoms with van der Waals surface area (Å²) in [4.78, 5) is 13.5. The molecule has 3 heteroatoms. The van der Waals surface area contributed by atoms with Gasteiger partial charge in [0.05, 0.1) is 0 Å². The van der Waals surface area contributed by atoms with E-state index in [1.807, 2.05) is 12.1 Å². The second-order valence-corrected chi connectivity index (χ2v) is 5.01. The number of anilines is 1. The number of piperidine rings is 1. The van der Waals surface area contributed by atoms with Gasteiger partial charge in [-0.2, -0.15) is 0 Å². The van der Waals surface area contributed by atoms with Crippen molar-refractivity contribution in [1.29, 1.82) is 0 Å². The average molecular weight is 252 g/mol. The number of carbonyl (C=O) groups is 1. The van der Waals surface area contributed by atoms with Crippen molar-refractivity contribution < 1.29 is 4.79 Å². The highest BCUT2D eigenvalue weighted by molar-refractivity contribution is 6.31. The van der Waals surface area contributed by atoms with Crippen molar-refractivity contribution in [3.63, 3.8) is 0 Å². The van der Waals surface area contributed by atoms with E-state index in [9.17, 15) is 4.79 Å². The van der Waals surface area contributed by atoms with Crippen molar-refractivity contribution in [2.24, 2.45) is 0 Å². The van der Waals surface area contributed by atoms with Gasteiger partial charge in [-0.1, -0.05) is 18.5 Å². The molecule has 1 aliphatic rings. The minimum Gasteiger partial charge on any atom is -0.368 e. The molecule has 1 aromatic rings. The Morgan fingerprint density at radius 3 is 3.00 bits per heavy atom. The van der Waals surface area contributed by atoms with Gasteiger partial charge >= 0.3 is 0 Å². The van der Waals surface area contributed by atoms with E-state index < -0.39 is 0 Å². The van der Waals surface area contributed by atoms with Crippen LogP contribution >= 0.6 is 11.6 Å². The summed E-state index contributed by atoms with van der Waals surface area (Å²) in [6.07, 6.45) is 5.73. The molecular weight excluding hydrogens is 234 g/mol. The maximum atomic E-state index is 11.1. The minimum absolute atomic E-state index is 0.543. The molecule has 2 nitrogen and oxygen atoms in total. The third-order valence-electron chi connectivity index (χ3n) is 3.53. The molecule has 1 saturated heterocycles. The molecule has 0 amide bonds. The Balaban J connectivity index is 2.36. The van der Waals surface area contributed by atoms with Crippen LogP contribution in [0.4, 0.5) is 5.69 Å². The molecule has 1 unspecified atom stereocenters. The first-order chi connectivity index (χ1) is 8.26. The van der Waals surface area contributed by atoms with E-state index in [0.29, 0.717) is 11.1 Å². The standard InChI is InChI=1S/C14H18ClNO/c1-2-13-5-3-4-8-16(13)14-9-12(15)7-6-11(14)10-17/h6-7,9-10,13H,2-5,8H2,1H3. The van der Waals surface area contributed by atoms with E-state index in [0.717, 1.165) is 30.5 Å². The van der Waals surface area contributed by atoms with Gasteiger partial charge in [0.1, 0.15) is 0 Å². The molecule has 0 bridgehead atoms. The van der Waals surface area contributed by atoms with Crippen LogP contribution < -0.4 is 4.90 Å². The van der Waals surface area contributed by atoms with Gasteiger partial charge in [-0.05, 0) is 43.9 Å². The summed E-state index contributed by atoms with van der Waals surface area (Å²) in [5.74, 6) is 0. The summed E-state index contributed by atoms with van der Waals surface area (Å²) < 4.78 is 0. The summed E-state index contributed by atoms with van der Waals surface area (Å²) in [6, 6.07) is 6.05. The third-order valence-corrected chi connectivity index (χ3v) is 3.76. The van der Waals surface area contributed by atoms with Crippen LogP contribution in [-0.4, -0.2) is 18.9 Å². The van der Waals surface area contributed by atoms with E-state index in [4.69, 9.17) is 11.6 Å². The fourth-order valence-electron chi connectivity index (χ4n) is 2.61. The molecule has 1 atom stereocenters. The lowest BCUT2D eigenvalue weighted by Crippen LogP contribution is -2.39. The molecular formula is C14H18ClNO. The van der Waals surface area contributed by atoms with Crippen molar-refractivity contribution in [1.82, 2.24) is 0 Å². The number of rotatable bonds is 3. The molecule has 1 aromatic carbocycles. The fourth-order valence-corrected chi connectivity index (χ4v) is 2.77. The van der Waals surface area contributed by atoms with Crippen LogP contribution in [0, 0.1) is 0 Å². The molecule has 2 rings (SSSR count). The van der Waals surface area contributed by atoms with Crippen LogP contribution in [0.15, 0.2) is 18.2 Å². The zero-order valence-corrected chi connectivity index (χ0v) is 10.9. The number of aldehydes is 1. The Morgan fingerprint density at radius 1 is 1.47 bits per heavy atom. The van der Waals surface area contributed by atoms with Gasteiger partial charge in [0.2, 0.25) is 0 Å². The van der Waals surface area contributed by atoms with Crippen LogP contribution in [0.5, 0.6) is 0 Å². The molecule has 1 fully saturated rings. The summed E-state index contributed by atoms with van der Waals surface area (Å²) in [6.45, 7) is 3.23. The van der Waals surface area contributed by atoms with Crippen molar-refractivity contribution in [2.75, 3.05) is 11.4 Å². The van der Waals surface area contributed by atoms with E-state index in [1.165, 1.54) is 19.3 Å². The zero-order valence-electron chi connectivity index (χ0n) is 10.2. The molecule has 0 aliphatic carbocycles. The summed E-state index contributed by atoms with van der Waals surface area (Å²) >= 11 is 6.04. The van der Waals surface area contributed by atoms with Crippen molar-refractivity contribution in [2.45, 2.75) is 38.6 Å². The molecule has 0 saturated carbocycles. The van der Waals surface area contributed by atoms with Crippen LogP contribution in [0.1, 0.15) is 43.0 Å². The number of hydrogen-bond acceptors (Lipinski definition) is 2. The van der Waals surface area contributed by atoms with Crippen molar-refractivity contribution in [3.05, 3.63) is 28.8 Å². The minimum atomic E-state index is 0.543. The van der Waals surface area contributed by atoms with E-state index in [1.54, 1.807) is 6.07 Å². The Morgan fingerprint density at radius 2 is 2.29 bits per heavy atom. The predicted octanol–water partition coefficient (Wildman–Crippen LogP) is 3.92. The van der Waals surface area contributed by atoms with Crippen LogP contribution in [0.25, 0.3) is 0 Å². The topological polar surface area (TPSA) is 20.3 Å². The fraction of sp³-hybridized carbons (Fsp3) is 0.500. The smallest absolute Gasteiger partial charge is 0.152 e. The molecule has 0 spiro atoms. The average Bonchev–Trinajstić information content (AvgIpc) is 2.38. The number of nitrogens with zero attached hydrogens (tertiary/aromatic N) is 1. The summed E-state index contributed by atoms with van der Waals surface area (Å²) in [7, 11) is 0. The normalized spacial score (nSPS) is 20.4. The number of benzene rings is 1. The first-order valence-corrected chi connectivity index (χ1v) is 6.65. The second-order valence-electron chi connectivity index (χ2n) is 4.57. The molecule has 0 aromatic heterocycles. The van der Waals surface area contributed by atoms with Gasteiger partial charge in [0.25, 0.3) is 0 Å². The Bertz CT molecular complexity index is 405. The lowest BCUT2D eigenvalue weighted by atomic mass is 9.98. The molecule has 0 radical (unpaired) electrons. The Labute approximate surface area is 108 Å². The predicted molar refractivity (Wildman–Crippen MR) is 72.1 cm³/mol. The second kappa shape index (κ2) is 5.54. The molecule has 0 N–H and O–H groups in total. The monoisotopic (exact) mass is 251 g/mol. The van der Waals surface area contributed by atoms with Crippen molar-refractivity contribution >= 4 is 23.6 Å². The van der Waals surface area contributed by atoms with Gasteiger partial charge in [-0.3, -0.25) is 4.79 Å². The number of halogens is 1. The molecule has 1 heterocycles. The quantitative estimate of drug-likeness (QED) is 0.759. The summed E-state index contributed by atoms with van der Waals surface area (Å²) in [5.41, 5.74) is 1.74. The van der Waals surface area contributed by atoms with Crippen LogP contribution in [0.3, 0.4) is 0 Å². The summed E-state index contributed by atoms with van der Waals surface area (Å²) in [5, 5.41) is 0.700. The highest BCUT2D eigenvalue weighted by Crippen LogP contribution is 2.30. The molecule has 1 aliphatic heterocycles. The third kappa shape index (κ3) is 2.63. The highest BCUT2D eigenvalue weighted by Gasteiger charge is 2.23. The van der Waals surface area contributed by atoms with E-state index in [2.05, 4.69) is 11.8 Å². The zero-order chi connectivity index (χ0) is 12.3. The van der Waals surface area contributed by atoms with E-state index >= 15 is 0 Å². The lowest BCUT2D eigenvalue weighted by molar-refractivity contribution is 0.112. The van der Waals surface area contributed by atoms with Crippen LogP contribution in [-0.2, 0) is 0 Å². The van der Waals surface area contributed by atoms with Gasteiger partial charge in [-0.15, -0.1) is 0 Å². The molecule has 17 heavy (non-hydrogen) atoms. The Kier molecular flexibility index (Phi) is 4.06. The van der Waals surface area contributed by atoms with E-state index in [-0.39, 0.29) is 0 Å². The number of carbonyl (C=O) groups excluding carboxylic acids is 1. The van der Waals surface area contributed by atoms with Gasteiger partial charge in [-0.25, -0.2) is 0 Å². The van der Waals surface area contributed by atoms with Crippen molar-refractivity contribution in [3.8, 4) is 0 Å². The van der Waals surface area contributed by atoms with Gasteiger partial charge in [0, 0.05) is 28.9 Å². The highest BCUT2D eigenvalue weighted by atomic mass is 35.5. The van der Waals surface area contributed by atoms with Gasteiger partial charge in [0.15, 0.2) is 6.29 Å². The molecule has 92 valence electrons. The Hall–Kier alpha value is -1.02. The maximum absolute atomic E-state index is 11.1.